The molecular formula is C14H22N2. The van der Waals surface area contributed by atoms with Crippen molar-refractivity contribution in [2.24, 2.45) is 0 Å². The average molecular weight is 218 g/mol. The van der Waals surface area contributed by atoms with Crippen LogP contribution in [0.5, 0.6) is 0 Å². The Morgan fingerprint density at radius 1 is 1.44 bits per heavy atom. The van der Waals surface area contributed by atoms with Crippen molar-refractivity contribution in [3.05, 3.63) is 29.3 Å². The van der Waals surface area contributed by atoms with Crippen LogP contribution >= 0.6 is 0 Å². The fraction of sp³-hybridized carbons (Fsp3) is 0.571. The summed E-state index contributed by atoms with van der Waals surface area (Å²) in [6.07, 6.45) is 2.33. The molecule has 1 N–H and O–H groups in total. The minimum Gasteiger partial charge on any atom is -0.371 e. The van der Waals surface area contributed by atoms with Crippen molar-refractivity contribution in [2.45, 2.75) is 32.7 Å². The van der Waals surface area contributed by atoms with Crippen LogP contribution in [0.25, 0.3) is 0 Å². The lowest BCUT2D eigenvalue weighted by Crippen LogP contribution is -2.26. The first kappa shape index (κ1) is 11.5. The Labute approximate surface area is 98.7 Å². The minimum atomic E-state index is 0.547. The Hall–Kier alpha value is -1.02. The molecule has 1 aromatic carbocycles. The van der Waals surface area contributed by atoms with Crippen LogP contribution in [0.4, 0.5) is 5.69 Å². The van der Waals surface area contributed by atoms with Crippen molar-refractivity contribution in [1.29, 1.82) is 0 Å². The highest BCUT2D eigenvalue weighted by atomic mass is 15.1. The van der Waals surface area contributed by atoms with Gasteiger partial charge in [-0.3, -0.25) is 0 Å². The molecule has 1 unspecified atom stereocenters. The number of fused-ring (bicyclic) bond motifs is 1. The molecule has 0 amide bonds. The molecule has 1 atom stereocenters. The normalized spacial score (nSPS) is 16.3. The van der Waals surface area contributed by atoms with Gasteiger partial charge in [0.15, 0.2) is 0 Å². The monoisotopic (exact) mass is 218 g/mol. The predicted octanol–water partition coefficient (Wildman–Crippen LogP) is 2.22. The van der Waals surface area contributed by atoms with Crippen molar-refractivity contribution < 1.29 is 0 Å². The van der Waals surface area contributed by atoms with Crippen molar-refractivity contribution in [2.75, 3.05) is 25.0 Å². The first-order valence-corrected chi connectivity index (χ1v) is 6.29. The summed E-state index contributed by atoms with van der Waals surface area (Å²) in [5, 5.41) is 3.32. The van der Waals surface area contributed by atoms with Gasteiger partial charge in [0.25, 0.3) is 0 Å². The maximum absolute atomic E-state index is 3.32. The topological polar surface area (TPSA) is 15.3 Å². The molecule has 2 rings (SSSR count). The van der Waals surface area contributed by atoms with Crippen molar-refractivity contribution in [3.63, 3.8) is 0 Å². The molecule has 88 valence electrons. The fourth-order valence-corrected chi connectivity index (χ4v) is 2.53. The molecule has 2 heteroatoms. The van der Waals surface area contributed by atoms with Crippen LogP contribution in [-0.4, -0.2) is 26.2 Å². The van der Waals surface area contributed by atoms with Crippen LogP contribution in [0.15, 0.2) is 18.2 Å². The quantitative estimate of drug-likeness (QED) is 0.833. The van der Waals surface area contributed by atoms with Gasteiger partial charge in [-0.2, -0.15) is 0 Å². The summed E-state index contributed by atoms with van der Waals surface area (Å²) in [6, 6.07) is 7.31. The van der Waals surface area contributed by atoms with E-state index in [0.29, 0.717) is 6.04 Å². The molecule has 0 saturated carbocycles. The summed E-state index contributed by atoms with van der Waals surface area (Å²) in [7, 11) is 2.03. The van der Waals surface area contributed by atoms with Gasteiger partial charge >= 0.3 is 0 Å². The zero-order chi connectivity index (χ0) is 11.5. The van der Waals surface area contributed by atoms with Gasteiger partial charge in [-0.15, -0.1) is 0 Å². The molecule has 0 aromatic heterocycles. The van der Waals surface area contributed by atoms with Gasteiger partial charge in [-0.25, -0.2) is 0 Å². The Balaban J connectivity index is 2.29. The second-order valence-electron chi connectivity index (χ2n) is 4.65. The maximum atomic E-state index is 3.32. The van der Waals surface area contributed by atoms with Crippen LogP contribution in [0.2, 0.25) is 0 Å². The molecular weight excluding hydrogens is 196 g/mol. The van der Waals surface area contributed by atoms with Crippen LogP contribution in [0.3, 0.4) is 0 Å². The number of anilines is 1. The van der Waals surface area contributed by atoms with Gasteiger partial charge in [-0.05, 0) is 44.9 Å². The molecule has 1 aromatic rings. The number of rotatable bonds is 4. The standard InChI is InChI=1S/C14H22N2/c1-4-16-9-8-12-6-5-7-13(14(12)16)10-11(2)15-3/h5-7,11,15H,4,8-10H2,1-3H3. The van der Waals surface area contributed by atoms with E-state index in [4.69, 9.17) is 0 Å². The molecule has 1 heterocycles. The number of hydrogen-bond acceptors (Lipinski definition) is 2. The Bertz CT molecular complexity index is 360. The lowest BCUT2D eigenvalue weighted by atomic mass is 10.0. The van der Waals surface area contributed by atoms with Gasteiger partial charge in [0.1, 0.15) is 0 Å². The third-order valence-corrected chi connectivity index (χ3v) is 3.57. The number of hydrogen-bond donors (Lipinski definition) is 1. The smallest absolute Gasteiger partial charge is 0.0432 e. The number of para-hydroxylation sites is 1. The second kappa shape index (κ2) is 4.88. The summed E-state index contributed by atoms with van der Waals surface area (Å²) in [6.45, 7) is 6.80. The van der Waals surface area contributed by atoms with Gasteiger partial charge in [0.2, 0.25) is 0 Å². The Kier molecular flexibility index (Phi) is 3.49. The third kappa shape index (κ3) is 2.07. The van der Waals surface area contributed by atoms with Gasteiger partial charge in [0.05, 0.1) is 0 Å². The highest BCUT2D eigenvalue weighted by Gasteiger charge is 2.21. The average Bonchev–Trinajstić information content (AvgIpc) is 2.73. The van der Waals surface area contributed by atoms with E-state index in [1.807, 2.05) is 7.05 Å². The number of benzene rings is 1. The molecule has 1 aliphatic heterocycles. The predicted molar refractivity (Wildman–Crippen MR) is 70.3 cm³/mol. The minimum absolute atomic E-state index is 0.547. The van der Waals surface area contributed by atoms with E-state index < -0.39 is 0 Å². The highest BCUT2D eigenvalue weighted by Crippen LogP contribution is 2.32. The molecule has 1 aliphatic rings. The molecule has 0 aliphatic carbocycles. The molecule has 0 radical (unpaired) electrons. The first-order chi connectivity index (χ1) is 7.76. The van der Waals surface area contributed by atoms with Crippen LogP contribution in [-0.2, 0) is 12.8 Å². The van der Waals surface area contributed by atoms with Gasteiger partial charge < -0.3 is 10.2 Å². The van der Waals surface area contributed by atoms with E-state index in [1.165, 1.54) is 29.8 Å². The third-order valence-electron chi connectivity index (χ3n) is 3.57. The van der Waals surface area contributed by atoms with Crippen molar-refractivity contribution in [1.82, 2.24) is 5.32 Å². The summed E-state index contributed by atoms with van der Waals surface area (Å²) in [5.41, 5.74) is 4.54. The first-order valence-electron chi connectivity index (χ1n) is 6.29. The van der Waals surface area contributed by atoms with Crippen molar-refractivity contribution in [3.8, 4) is 0 Å². The molecule has 0 saturated heterocycles. The van der Waals surface area contributed by atoms with Gasteiger partial charge in [0, 0.05) is 24.8 Å². The van der Waals surface area contributed by atoms with Crippen LogP contribution < -0.4 is 10.2 Å². The lowest BCUT2D eigenvalue weighted by molar-refractivity contribution is 0.608. The summed E-state index contributed by atoms with van der Waals surface area (Å²) in [4.78, 5) is 2.51. The summed E-state index contributed by atoms with van der Waals surface area (Å²) in [5.74, 6) is 0. The van der Waals surface area contributed by atoms with E-state index in [9.17, 15) is 0 Å². The molecule has 0 bridgehead atoms. The zero-order valence-electron chi connectivity index (χ0n) is 10.6. The van der Waals surface area contributed by atoms with E-state index in [0.717, 1.165) is 13.0 Å². The van der Waals surface area contributed by atoms with Crippen LogP contribution in [0.1, 0.15) is 25.0 Å². The highest BCUT2D eigenvalue weighted by molar-refractivity contribution is 5.63. The molecule has 0 fully saturated rings. The molecule has 0 spiro atoms. The van der Waals surface area contributed by atoms with E-state index in [-0.39, 0.29) is 0 Å². The Morgan fingerprint density at radius 3 is 2.94 bits per heavy atom. The zero-order valence-corrected chi connectivity index (χ0v) is 10.6. The number of nitrogens with one attached hydrogen (secondary N) is 1. The summed E-state index contributed by atoms with van der Waals surface area (Å²) >= 11 is 0. The van der Waals surface area contributed by atoms with E-state index in [1.54, 1.807) is 0 Å². The van der Waals surface area contributed by atoms with Crippen molar-refractivity contribution >= 4 is 5.69 Å². The second-order valence-corrected chi connectivity index (χ2v) is 4.65. The Morgan fingerprint density at radius 2 is 2.25 bits per heavy atom. The maximum Gasteiger partial charge on any atom is 0.0432 e. The largest absolute Gasteiger partial charge is 0.371 e. The fourth-order valence-electron chi connectivity index (χ4n) is 2.53. The molecule has 2 nitrogen and oxygen atoms in total. The van der Waals surface area contributed by atoms with E-state index in [2.05, 4.69) is 42.3 Å². The lowest BCUT2D eigenvalue weighted by Gasteiger charge is -2.21. The SMILES string of the molecule is CCN1CCc2cccc(CC(C)NC)c21. The van der Waals surface area contributed by atoms with E-state index >= 15 is 0 Å². The number of nitrogens with zero attached hydrogens (tertiary/aromatic N) is 1. The number of likely N-dealkylation sites (N-methyl/N-ethyl adjacent to an activating group) is 2. The van der Waals surface area contributed by atoms with Gasteiger partial charge in [-0.1, -0.05) is 18.2 Å². The summed E-state index contributed by atoms with van der Waals surface area (Å²) < 4.78 is 0. The van der Waals surface area contributed by atoms with Crippen LogP contribution in [0, 0.1) is 0 Å². The molecule has 16 heavy (non-hydrogen) atoms.